The molecule has 114 valence electrons. The van der Waals surface area contributed by atoms with Crippen molar-refractivity contribution in [2.45, 2.75) is 38.1 Å². The molecule has 1 aliphatic carbocycles. The molecule has 1 fully saturated rings. The van der Waals surface area contributed by atoms with Gasteiger partial charge in [0.05, 0.1) is 11.6 Å². The summed E-state index contributed by atoms with van der Waals surface area (Å²) >= 11 is 1.79. The Morgan fingerprint density at radius 1 is 1.41 bits per heavy atom. The van der Waals surface area contributed by atoms with Gasteiger partial charge in [-0.3, -0.25) is 4.79 Å². The van der Waals surface area contributed by atoms with Gasteiger partial charge in [-0.1, -0.05) is 0 Å². The van der Waals surface area contributed by atoms with Crippen LogP contribution in [0.25, 0.3) is 0 Å². The van der Waals surface area contributed by atoms with Gasteiger partial charge in [0.2, 0.25) is 0 Å². The Hall–Kier alpha value is -1.88. The fraction of sp³-hybridized carbons (Fsp3) is 0.412. The van der Waals surface area contributed by atoms with Crippen LogP contribution in [0.2, 0.25) is 0 Å². The average Bonchev–Trinajstić information content (AvgIpc) is 3.24. The van der Waals surface area contributed by atoms with E-state index in [1.54, 1.807) is 17.5 Å². The Kier molecular flexibility index (Phi) is 3.18. The number of pyridine rings is 1. The highest BCUT2D eigenvalue weighted by atomic mass is 32.1. The monoisotopic (exact) mass is 313 g/mol. The number of fused-ring (bicyclic) bond motifs is 1. The van der Waals surface area contributed by atoms with Crippen molar-refractivity contribution in [2.75, 3.05) is 12.3 Å². The van der Waals surface area contributed by atoms with Crippen LogP contribution in [0.5, 0.6) is 0 Å². The summed E-state index contributed by atoms with van der Waals surface area (Å²) < 4.78 is 0. The Balaban J connectivity index is 1.63. The second-order valence-electron chi connectivity index (χ2n) is 6.20. The molecule has 2 aliphatic rings. The van der Waals surface area contributed by atoms with Crippen molar-refractivity contribution in [1.29, 1.82) is 0 Å². The summed E-state index contributed by atoms with van der Waals surface area (Å²) in [6, 6.07) is 4.23. The highest BCUT2D eigenvalue weighted by molar-refractivity contribution is 7.10. The zero-order valence-electron chi connectivity index (χ0n) is 12.6. The summed E-state index contributed by atoms with van der Waals surface area (Å²) in [7, 11) is 0. The van der Waals surface area contributed by atoms with E-state index in [-0.39, 0.29) is 11.9 Å². The number of carbonyl (C=O) groups is 1. The maximum Gasteiger partial charge on any atom is 0.255 e. The molecule has 4 nitrogen and oxygen atoms in total. The minimum atomic E-state index is 0.0683. The Labute approximate surface area is 134 Å². The van der Waals surface area contributed by atoms with Gasteiger partial charge in [-0.15, -0.1) is 11.3 Å². The lowest BCUT2D eigenvalue weighted by atomic mass is 10.00. The van der Waals surface area contributed by atoms with Crippen molar-refractivity contribution in [2.24, 2.45) is 0 Å². The van der Waals surface area contributed by atoms with Gasteiger partial charge in [0.15, 0.2) is 0 Å². The first-order valence-electron chi connectivity index (χ1n) is 7.78. The second kappa shape index (κ2) is 5.09. The number of nitrogen functional groups attached to an aromatic ring is 1. The van der Waals surface area contributed by atoms with Crippen molar-refractivity contribution in [3.63, 3.8) is 0 Å². The highest BCUT2D eigenvalue weighted by Gasteiger charge is 2.31. The molecule has 1 saturated carbocycles. The molecule has 3 heterocycles. The van der Waals surface area contributed by atoms with Gasteiger partial charge in [-0.05, 0) is 60.7 Å². The van der Waals surface area contributed by atoms with E-state index in [1.807, 2.05) is 11.0 Å². The molecule has 0 bridgehead atoms. The van der Waals surface area contributed by atoms with E-state index in [4.69, 9.17) is 5.73 Å². The number of nitrogens with zero attached hydrogens (tertiary/aromatic N) is 2. The highest BCUT2D eigenvalue weighted by Crippen LogP contribution is 2.42. The van der Waals surface area contributed by atoms with E-state index in [0.29, 0.717) is 17.3 Å². The van der Waals surface area contributed by atoms with Gasteiger partial charge >= 0.3 is 0 Å². The van der Waals surface area contributed by atoms with E-state index in [0.717, 1.165) is 31.4 Å². The first-order chi connectivity index (χ1) is 10.6. The Bertz CT molecular complexity index is 735. The molecule has 1 aliphatic heterocycles. The molecule has 0 aromatic carbocycles. The number of anilines is 1. The van der Waals surface area contributed by atoms with Crippen LogP contribution < -0.4 is 5.73 Å². The summed E-state index contributed by atoms with van der Waals surface area (Å²) in [5.74, 6) is 1.15. The fourth-order valence-electron chi connectivity index (χ4n) is 3.28. The van der Waals surface area contributed by atoms with Crippen LogP contribution in [0.3, 0.4) is 0 Å². The van der Waals surface area contributed by atoms with E-state index in [9.17, 15) is 4.79 Å². The molecule has 0 unspecified atom stereocenters. The predicted octanol–water partition coefficient (Wildman–Crippen LogP) is 3.36. The molecule has 1 amide bonds. The zero-order chi connectivity index (χ0) is 15.3. The van der Waals surface area contributed by atoms with E-state index < -0.39 is 0 Å². The third-order valence-corrected chi connectivity index (χ3v) is 5.75. The van der Waals surface area contributed by atoms with Gasteiger partial charge < -0.3 is 10.6 Å². The van der Waals surface area contributed by atoms with Crippen molar-refractivity contribution in [3.8, 4) is 0 Å². The zero-order valence-corrected chi connectivity index (χ0v) is 13.4. The average molecular weight is 313 g/mol. The Morgan fingerprint density at radius 2 is 2.23 bits per heavy atom. The standard InChI is InChI=1S/C17H19N3OS/c1-10-13-5-7-22-15(13)4-6-20(10)17(21)12-8-14(11-2-3-11)16(18)19-9-12/h5,7-11H,2-4,6H2,1H3,(H2,18,19)/t10-/m1/s1. The summed E-state index contributed by atoms with van der Waals surface area (Å²) in [4.78, 5) is 20.5. The number of hydrogen-bond acceptors (Lipinski definition) is 4. The van der Waals surface area contributed by atoms with Crippen molar-refractivity contribution < 1.29 is 4.79 Å². The number of rotatable bonds is 2. The van der Waals surface area contributed by atoms with Crippen LogP contribution in [0.4, 0.5) is 5.82 Å². The van der Waals surface area contributed by atoms with Crippen LogP contribution in [-0.2, 0) is 6.42 Å². The van der Waals surface area contributed by atoms with E-state index in [1.165, 1.54) is 10.4 Å². The predicted molar refractivity (Wildman–Crippen MR) is 88.1 cm³/mol. The summed E-state index contributed by atoms with van der Waals surface area (Å²) in [5, 5.41) is 2.12. The van der Waals surface area contributed by atoms with Crippen LogP contribution in [-0.4, -0.2) is 22.3 Å². The van der Waals surface area contributed by atoms with Crippen LogP contribution >= 0.6 is 11.3 Å². The fourth-order valence-corrected chi connectivity index (χ4v) is 4.25. The molecular formula is C17H19N3OS. The van der Waals surface area contributed by atoms with Crippen molar-refractivity contribution >= 4 is 23.1 Å². The lowest BCUT2D eigenvalue weighted by Crippen LogP contribution is -2.38. The van der Waals surface area contributed by atoms with Gasteiger partial charge in [-0.2, -0.15) is 0 Å². The third-order valence-electron chi connectivity index (χ3n) is 4.75. The number of aromatic nitrogens is 1. The molecule has 22 heavy (non-hydrogen) atoms. The summed E-state index contributed by atoms with van der Waals surface area (Å²) in [5.41, 5.74) is 8.95. The number of thiophene rings is 1. The topological polar surface area (TPSA) is 59.2 Å². The number of hydrogen-bond donors (Lipinski definition) is 1. The molecule has 0 saturated heterocycles. The molecule has 0 spiro atoms. The maximum atomic E-state index is 12.9. The molecular weight excluding hydrogens is 294 g/mol. The van der Waals surface area contributed by atoms with Gasteiger partial charge in [0.1, 0.15) is 5.82 Å². The molecule has 2 aromatic rings. The van der Waals surface area contributed by atoms with Crippen LogP contribution in [0, 0.1) is 0 Å². The molecule has 1 atom stereocenters. The van der Waals surface area contributed by atoms with Crippen molar-refractivity contribution in [3.05, 3.63) is 45.3 Å². The van der Waals surface area contributed by atoms with Gasteiger partial charge in [0, 0.05) is 17.6 Å². The van der Waals surface area contributed by atoms with Crippen molar-refractivity contribution in [1.82, 2.24) is 9.88 Å². The quantitative estimate of drug-likeness (QED) is 0.925. The Morgan fingerprint density at radius 3 is 3.00 bits per heavy atom. The van der Waals surface area contributed by atoms with E-state index in [2.05, 4.69) is 23.4 Å². The lowest BCUT2D eigenvalue weighted by Gasteiger charge is -2.33. The number of carbonyl (C=O) groups excluding carboxylic acids is 1. The SMILES string of the molecule is C[C@@H]1c2ccsc2CCN1C(=O)c1cnc(N)c(C2CC2)c1. The molecule has 2 aromatic heterocycles. The third kappa shape index (κ3) is 2.20. The van der Waals surface area contributed by atoms with Gasteiger partial charge in [0.25, 0.3) is 5.91 Å². The minimum Gasteiger partial charge on any atom is -0.383 e. The summed E-state index contributed by atoms with van der Waals surface area (Å²) in [6.07, 6.45) is 4.88. The first-order valence-corrected chi connectivity index (χ1v) is 8.65. The minimum absolute atomic E-state index is 0.0683. The largest absolute Gasteiger partial charge is 0.383 e. The maximum absolute atomic E-state index is 12.9. The second-order valence-corrected chi connectivity index (χ2v) is 7.20. The van der Waals surface area contributed by atoms with Crippen LogP contribution in [0.1, 0.15) is 58.1 Å². The lowest BCUT2D eigenvalue weighted by molar-refractivity contribution is 0.0679. The smallest absolute Gasteiger partial charge is 0.255 e. The molecule has 4 rings (SSSR count). The van der Waals surface area contributed by atoms with E-state index >= 15 is 0 Å². The van der Waals surface area contributed by atoms with Gasteiger partial charge in [-0.25, -0.2) is 4.98 Å². The summed E-state index contributed by atoms with van der Waals surface area (Å²) in [6.45, 7) is 2.88. The molecule has 0 radical (unpaired) electrons. The molecule has 2 N–H and O–H groups in total. The number of amides is 1. The first kappa shape index (κ1) is 13.8. The number of nitrogens with two attached hydrogens (primary N) is 1. The normalized spacial score (nSPS) is 20.8. The van der Waals surface area contributed by atoms with Crippen LogP contribution in [0.15, 0.2) is 23.7 Å². The molecule has 5 heteroatoms.